The van der Waals surface area contributed by atoms with Crippen LogP contribution in [0.4, 0.5) is 5.82 Å². The third kappa shape index (κ3) is 2.04. The second-order valence-corrected chi connectivity index (χ2v) is 5.25. The number of nitrogens with one attached hydrogen (secondary N) is 1. The average Bonchev–Trinajstić information content (AvgIpc) is 2.77. The van der Waals surface area contributed by atoms with Gasteiger partial charge in [-0.25, -0.2) is 9.97 Å². The zero-order valence-corrected chi connectivity index (χ0v) is 10.5. The van der Waals surface area contributed by atoms with Crippen molar-refractivity contribution < 1.29 is 0 Å². The first-order chi connectivity index (χ1) is 8.76. The second kappa shape index (κ2) is 4.54. The Morgan fingerprint density at radius 1 is 1.28 bits per heavy atom. The number of hydrogen-bond acceptors (Lipinski definition) is 5. The first-order valence-corrected chi connectivity index (χ1v) is 6.47. The van der Waals surface area contributed by atoms with Crippen molar-refractivity contribution in [3.05, 3.63) is 18.1 Å². The Morgan fingerprint density at radius 3 is 2.56 bits per heavy atom. The third-order valence-electron chi connectivity index (χ3n) is 4.11. The van der Waals surface area contributed by atoms with Gasteiger partial charge in [0.15, 0.2) is 5.69 Å². The summed E-state index contributed by atoms with van der Waals surface area (Å²) >= 11 is 0. The molecular weight excluding hydrogens is 226 g/mol. The fourth-order valence-electron chi connectivity index (χ4n) is 3.09. The van der Waals surface area contributed by atoms with E-state index in [0.717, 1.165) is 5.82 Å². The minimum atomic E-state index is 0.373. The van der Waals surface area contributed by atoms with Gasteiger partial charge in [0.1, 0.15) is 11.9 Å². The maximum absolute atomic E-state index is 8.72. The minimum absolute atomic E-state index is 0.373. The van der Waals surface area contributed by atoms with Crippen molar-refractivity contribution in [1.29, 1.82) is 5.26 Å². The molecule has 0 amide bonds. The van der Waals surface area contributed by atoms with E-state index < -0.39 is 0 Å². The zero-order chi connectivity index (χ0) is 12.5. The van der Waals surface area contributed by atoms with Crippen molar-refractivity contribution in [1.82, 2.24) is 15.3 Å². The molecule has 94 valence electrons. The van der Waals surface area contributed by atoms with Crippen molar-refractivity contribution in [2.24, 2.45) is 0 Å². The molecule has 0 aromatic carbocycles. The minimum Gasteiger partial charge on any atom is -0.355 e. The molecule has 1 N–H and O–H groups in total. The van der Waals surface area contributed by atoms with Gasteiger partial charge in [-0.15, -0.1) is 0 Å². The van der Waals surface area contributed by atoms with E-state index in [4.69, 9.17) is 5.26 Å². The molecular formula is C13H17N5. The van der Waals surface area contributed by atoms with Crippen LogP contribution in [-0.4, -0.2) is 35.1 Å². The number of nitriles is 1. The summed E-state index contributed by atoms with van der Waals surface area (Å²) in [5, 5.41) is 12.4. The van der Waals surface area contributed by atoms with Crippen molar-refractivity contribution >= 4 is 5.82 Å². The van der Waals surface area contributed by atoms with Crippen molar-refractivity contribution in [3.8, 4) is 6.07 Å². The molecule has 5 nitrogen and oxygen atoms in total. The highest BCUT2D eigenvalue weighted by Gasteiger charge is 2.35. The Labute approximate surface area is 107 Å². The predicted octanol–water partition coefficient (Wildman–Crippen LogP) is 1.07. The molecule has 2 aliphatic heterocycles. The van der Waals surface area contributed by atoms with Crippen LogP contribution in [0.2, 0.25) is 0 Å². The highest BCUT2D eigenvalue weighted by molar-refractivity contribution is 5.38. The normalized spacial score (nSPS) is 29.9. The van der Waals surface area contributed by atoms with Crippen LogP contribution in [0.1, 0.15) is 31.4 Å². The lowest BCUT2D eigenvalue weighted by Gasteiger charge is -2.36. The molecule has 2 bridgehead atoms. The Bertz CT molecular complexity index is 451. The molecule has 2 aliphatic rings. The SMILES string of the molecule is CN(c1cnc(C#N)cn1)C1CC2CCC(C1)N2. The Morgan fingerprint density at radius 2 is 2.00 bits per heavy atom. The number of rotatable bonds is 2. The van der Waals surface area contributed by atoms with Gasteiger partial charge in [0, 0.05) is 25.2 Å². The van der Waals surface area contributed by atoms with Crippen LogP contribution >= 0.6 is 0 Å². The fourth-order valence-corrected chi connectivity index (χ4v) is 3.09. The van der Waals surface area contributed by atoms with Crippen molar-refractivity contribution in [3.63, 3.8) is 0 Å². The predicted molar refractivity (Wildman–Crippen MR) is 68.1 cm³/mol. The van der Waals surface area contributed by atoms with Crippen LogP contribution in [0.25, 0.3) is 0 Å². The van der Waals surface area contributed by atoms with Gasteiger partial charge >= 0.3 is 0 Å². The molecule has 3 rings (SSSR count). The molecule has 18 heavy (non-hydrogen) atoms. The van der Waals surface area contributed by atoms with Gasteiger partial charge in [0.2, 0.25) is 0 Å². The summed E-state index contributed by atoms with van der Waals surface area (Å²) in [5.41, 5.74) is 0.373. The summed E-state index contributed by atoms with van der Waals surface area (Å²) in [7, 11) is 2.07. The molecule has 0 saturated carbocycles. The average molecular weight is 243 g/mol. The molecule has 5 heteroatoms. The van der Waals surface area contributed by atoms with Crippen molar-refractivity contribution in [2.45, 2.75) is 43.8 Å². The van der Waals surface area contributed by atoms with Gasteiger partial charge in [0.05, 0.1) is 12.4 Å². The molecule has 0 aliphatic carbocycles. The van der Waals surface area contributed by atoms with E-state index in [2.05, 4.69) is 27.2 Å². The fraction of sp³-hybridized carbons (Fsp3) is 0.615. The standard InChI is InChI=1S/C13H17N5/c1-18(13-8-15-11(6-14)7-16-13)12-4-9-2-3-10(5-12)17-9/h7-10,12,17H,2-5H2,1H3. The molecule has 1 aromatic rings. The number of aromatic nitrogens is 2. The van der Waals surface area contributed by atoms with Gasteiger partial charge in [-0.2, -0.15) is 5.26 Å². The van der Waals surface area contributed by atoms with Gasteiger partial charge < -0.3 is 10.2 Å². The lowest BCUT2D eigenvalue weighted by molar-refractivity contribution is 0.353. The van der Waals surface area contributed by atoms with E-state index >= 15 is 0 Å². The Balaban J connectivity index is 1.73. The van der Waals surface area contributed by atoms with Gasteiger partial charge in [-0.3, -0.25) is 0 Å². The quantitative estimate of drug-likeness (QED) is 0.841. The first kappa shape index (κ1) is 11.4. The van der Waals surface area contributed by atoms with Crippen LogP contribution < -0.4 is 10.2 Å². The van der Waals surface area contributed by atoms with Crippen LogP contribution in [0.5, 0.6) is 0 Å². The molecule has 2 unspecified atom stereocenters. The number of nitrogens with zero attached hydrogens (tertiary/aromatic N) is 4. The molecule has 2 saturated heterocycles. The number of fused-ring (bicyclic) bond motifs is 2. The number of piperidine rings is 1. The molecule has 0 spiro atoms. The zero-order valence-electron chi connectivity index (χ0n) is 10.5. The maximum Gasteiger partial charge on any atom is 0.158 e. The molecule has 2 fully saturated rings. The molecule has 3 heterocycles. The largest absolute Gasteiger partial charge is 0.355 e. The van der Waals surface area contributed by atoms with E-state index in [9.17, 15) is 0 Å². The van der Waals surface area contributed by atoms with Crippen LogP contribution in [0, 0.1) is 11.3 Å². The van der Waals surface area contributed by atoms with Crippen LogP contribution in [0.15, 0.2) is 12.4 Å². The maximum atomic E-state index is 8.72. The smallest absolute Gasteiger partial charge is 0.158 e. The monoisotopic (exact) mass is 243 g/mol. The lowest BCUT2D eigenvalue weighted by Crippen LogP contribution is -2.47. The Kier molecular flexibility index (Phi) is 2.88. The molecule has 2 atom stereocenters. The Hall–Kier alpha value is -1.67. The van der Waals surface area contributed by atoms with E-state index in [-0.39, 0.29) is 0 Å². The van der Waals surface area contributed by atoms with Gasteiger partial charge in [-0.05, 0) is 25.7 Å². The van der Waals surface area contributed by atoms with Crippen molar-refractivity contribution in [2.75, 3.05) is 11.9 Å². The topological polar surface area (TPSA) is 64.8 Å². The molecule has 1 aromatic heterocycles. The summed E-state index contributed by atoms with van der Waals surface area (Å²) < 4.78 is 0. The number of anilines is 1. The number of hydrogen-bond donors (Lipinski definition) is 1. The summed E-state index contributed by atoms with van der Waals surface area (Å²) in [4.78, 5) is 10.6. The second-order valence-electron chi connectivity index (χ2n) is 5.25. The van der Waals surface area contributed by atoms with E-state index in [0.29, 0.717) is 23.8 Å². The highest BCUT2D eigenvalue weighted by Crippen LogP contribution is 2.30. The van der Waals surface area contributed by atoms with Gasteiger partial charge in [0.25, 0.3) is 0 Å². The van der Waals surface area contributed by atoms with Crippen LogP contribution in [0.3, 0.4) is 0 Å². The van der Waals surface area contributed by atoms with E-state index in [1.165, 1.54) is 25.7 Å². The van der Waals surface area contributed by atoms with E-state index in [1.54, 1.807) is 12.4 Å². The third-order valence-corrected chi connectivity index (χ3v) is 4.11. The highest BCUT2D eigenvalue weighted by atomic mass is 15.2. The summed E-state index contributed by atoms with van der Waals surface area (Å²) in [6, 6.07) is 3.87. The summed E-state index contributed by atoms with van der Waals surface area (Å²) in [5.74, 6) is 0.861. The first-order valence-electron chi connectivity index (χ1n) is 6.47. The van der Waals surface area contributed by atoms with Gasteiger partial charge in [-0.1, -0.05) is 0 Å². The summed E-state index contributed by atoms with van der Waals surface area (Å²) in [6.45, 7) is 0. The summed E-state index contributed by atoms with van der Waals surface area (Å²) in [6.07, 6.45) is 8.19. The van der Waals surface area contributed by atoms with Crippen LogP contribution in [-0.2, 0) is 0 Å². The molecule has 0 radical (unpaired) electrons. The lowest BCUT2D eigenvalue weighted by atomic mass is 9.99. The van der Waals surface area contributed by atoms with E-state index in [1.807, 2.05) is 6.07 Å².